The monoisotopic (exact) mass is 321 g/mol. The number of halogens is 1. The van der Waals surface area contributed by atoms with Gasteiger partial charge in [0, 0.05) is 16.5 Å². The molecule has 1 saturated carbocycles. The number of rotatable bonds is 3. The number of hydrogen-bond acceptors (Lipinski definition) is 3. The molecule has 0 radical (unpaired) electrons. The third-order valence-corrected chi connectivity index (χ3v) is 4.39. The quantitative estimate of drug-likeness (QED) is 0.799. The lowest BCUT2D eigenvalue weighted by Gasteiger charge is -2.12. The van der Waals surface area contributed by atoms with E-state index in [1.807, 2.05) is 12.1 Å². The summed E-state index contributed by atoms with van der Waals surface area (Å²) in [5, 5.41) is 0.818. The Morgan fingerprint density at radius 1 is 1.21 bits per heavy atom. The number of fused-ring (bicyclic) bond motifs is 1. The Hall–Kier alpha value is -2.82. The van der Waals surface area contributed by atoms with Crippen molar-refractivity contribution in [3.8, 4) is 11.3 Å². The van der Waals surface area contributed by atoms with Gasteiger partial charge in [-0.2, -0.15) is 0 Å². The van der Waals surface area contributed by atoms with Gasteiger partial charge in [0.25, 0.3) is 0 Å². The van der Waals surface area contributed by atoms with Crippen LogP contribution < -0.4 is 5.73 Å². The number of nitrogens with zero attached hydrogens (tertiary/aromatic N) is 2. The maximum atomic E-state index is 13.8. The molecular weight excluding hydrogens is 305 g/mol. The van der Waals surface area contributed by atoms with Crippen LogP contribution in [-0.2, 0) is 0 Å². The zero-order valence-corrected chi connectivity index (χ0v) is 13.2. The van der Waals surface area contributed by atoms with E-state index >= 15 is 0 Å². The molecule has 1 fully saturated rings. The highest BCUT2D eigenvalue weighted by Crippen LogP contribution is 2.43. The lowest BCUT2D eigenvalue weighted by Crippen LogP contribution is -2.13. The number of amides is 1. The number of hydrogen-bond donors (Lipinski definition) is 1. The molecule has 1 aliphatic rings. The number of aromatic nitrogens is 2. The number of nitrogens with two attached hydrogens (primary N) is 1. The fraction of sp³-hybridized carbons (Fsp3) is 0.211. The third kappa shape index (κ3) is 2.42. The highest BCUT2D eigenvalue weighted by Gasteiger charge is 2.27. The average Bonchev–Trinajstić information content (AvgIpc) is 3.38. The number of primary amides is 1. The topological polar surface area (TPSA) is 68.9 Å². The van der Waals surface area contributed by atoms with Gasteiger partial charge in [-0.05, 0) is 49.4 Å². The first-order chi connectivity index (χ1) is 11.5. The van der Waals surface area contributed by atoms with Gasteiger partial charge < -0.3 is 5.73 Å². The predicted molar refractivity (Wildman–Crippen MR) is 90.2 cm³/mol. The summed E-state index contributed by atoms with van der Waals surface area (Å²) in [5.41, 5.74) is 8.75. The van der Waals surface area contributed by atoms with E-state index in [4.69, 9.17) is 5.73 Å². The Balaban J connectivity index is 2.06. The summed E-state index contributed by atoms with van der Waals surface area (Å²) in [7, 11) is 0. The van der Waals surface area contributed by atoms with Crippen LogP contribution in [0.4, 0.5) is 4.39 Å². The Morgan fingerprint density at radius 2 is 2.00 bits per heavy atom. The number of carbonyl (C=O) groups excluding carboxylic acids is 1. The highest BCUT2D eigenvalue weighted by atomic mass is 19.1. The molecule has 4 nitrogen and oxygen atoms in total. The van der Waals surface area contributed by atoms with Gasteiger partial charge in [-0.3, -0.25) is 4.79 Å². The molecule has 120 valence electrons. The maximum absolute atomic E-state index is 13.8. The Morgan fingerprint density at radius 3 is 2.71 bits per heavy atom. The van der Waals surface area contributed by atoms with Gasteiger partial charge in [-0.15, -0.1) is 0 Å². The van der Waals surface area contributed by atoms with Gasteiger partial charge in [0.15, 0.2) is 0 Å². The third-order valence-electron chi connectivity index (χ3n) is 4.39. The Kier molecular flexibility index (Phi) is 3.30. The summed E-state index contributed by atoms with van der Waals surface area (Å²) in [6.07, 6.45) is 2.31. The van der Waals surface area contributed by atoms with Crippen molar-refractivity contribution in [1.29, 1.82) is 0 Å². The second-order valence-electron chi connectivity index (χ2n) is 6.19. The summed E-state index contributed by atoms with van der Waals surface area (Å²) in [6, 6.07) is 9.89. The van der Waals surface area contributed by atoms with E-state index in [1.54, 1.807) is 6.92 Å². The fourth-order valence-corrected chi connectivity index (χ4v) is 3.14. The average molecular weight is 321 g/mol. The van der Waals surface area contributed by atoms with Gasteiger partial charge in [0.1, 0.15) is 11.6 Å². The van der Waals surface area contributed by atoms with Crippen LogP contribution >= 0.6 is 0 Å². The van der Waals surface area contributed by atoms with Gasteiger partial charge in [0.05, 0.1) is 11.2 Å². The predicted octanol–water partition coefficient (Wildman–Crippen LogP) is 3.72. The smallest absolute Gasteiger partial charge is 0.249 e. The summed E-state index contributed by atoms with van der Waals surface area (Å²) in [4.78, 5) is 20.9. The van der Waals surface area contributed by atoms with E-state index in [1.165, 1.54) is 23.8 Å². The second-order valence-corrected chi connectivity index (χ2v) is 6.19. The molecule has 0 unspecified atom stereocenters. The van der Waals surface area contributed by atoms with Crippen molar-refractivity contribution in [1.82, 2.24) is 9.97 Å². The molecule has 4 rings (SSSR count). The van der Waals surface area contributed by atoms with Crippen molar-refractivity contribution in [2.45, 2.75) is 25.7 Å². The highest BCUT2D eigenvalue weighted by molar-refractivity contribution is 6.04. The van der Waals surface area contributed by atoms with Crippen LogP contribution in [0.2, 0.25) is 0 Å². The molecule has 1 heterocycles. The molecule has 0 atom stereocenters. The van der Waals surface area contributed by atoms with E-state index in [-0.39, 0.29) is 5.56 Å². The van der Waals surface area contributed by atoms with Gasteiger partial charge in [-0.25, -0.2) is 14.4 Å². The van der Waals surface area contributed by atoms with Crippen molar-refractivity contribution < 1.29 is 9.18 Å². The van der Waals surface area contributed by atoms with E-state index in [0.29, 0.717) is 23.0 Å². The van der Waals surface area contributed by atoms with Crippen LogP contribution in [0.15, 0.2) is 36.4 Å². The van der Waals surface area contributed by atoms with Crippen LogP contribution in [0.25, 0.3) is 22.2 Å². The lowest BCUT2D eigenvalue weighted by molar-refractivity contribution is 0.100. The molecule has 2 aromatic carbocycles. The van der Waals surface area contributed by atoms with E-state index < -0.39 is 11.7 Å². The van der Waals surface area contributed by atoms with Crippen molar-refractivity contribution >= 4 is 16.8 Å². The molecule has 24 heavy (non-hydrogen) atoms. The largest absolute Gasteiger partial charge is 0.366 e. The Bertz CT molecular complexity index is 980. The molecule has 1 aromatic heterocycles. The number of para-hydroxylation sites is 1. The molecule has 2 N–H and O–H groups in total. The Labute approximate surface area is 138 Å². The van der Waals surface area contributed by atoms with Crippen molar-refractivity contribution in [2.24, 2.45) is 5.73 Å². The van der Waals surface area contributed by atoms with Crippen LogP contribution in [0.3, 0.4) is 0 Å². The molecule has 0 aliphatic heterocycles. The zero-order chi connectivity index (χ0) is 16.8. The van der Waals surface area contributed by atoms with E-state index in [0.717, 1.165) is 23.7 Å². The molecule has 0 saturated heterocycles. The summed E-state index contributed by atoms with van der Waals surface area (Å²) in [6.45, 7) is 1.80. The first-order valence-electron chi connectivity index (χ1n) is 7.91. The van der Waals surface area contributed by atoms with Crippen LogP contribution in [0.5, 0.6) is 0 Å². The minimum absolute atomic E-state index is 0.257. The van der Waals surface area contributed by atoms with E-state index in [9.17, 15) is 9.18 Å². The van der Waals surface area contributed by atoms with Crippen LogP contribution in [0.1, 0.15) is 40.5 Å². The molecule has 0 bridgehead atoms. The van der Waals surface area contributed by atoms with Crippen molar-refractivity contribution in [3.05, 3.63) is 59.2 Å². The molecule has 5 heteroatoms. The first-order valence-corrected chi connectivity index (χ1v) is 7.91. The summed E-state index contributed by atoms with van der Waals surface area (Å²) in [5.74, 6) is 0.0785. The van der Waals surface area contributed by atoms with E-state index in [2.05, 4.69) is 16.0 Å². The zero-order valence-electron chi connectivity index (χ0n) is 13.2. The van der Waals surface area contributed by atoms with Crippen molar-refractivity contribution in [2.75, 3.05) is 0 Å². The summed E-state index contributed by atoms with van der Waals surface area (Å²) < 4.78 is 13.8. The lowest BCUT2D eigenvalue weighted by atomic mass is 9.97. The maximum Gasteiger partial charge on any atom is 0.249 e. The SMILES string of the molecule is Cc1nc(-c2cc(F)ccc2C(N)=O)c2cccc(C3CC3)c2n1. The number of aryl methyl sites for hydroxylation is 1. The number of carbonyl (C=O) groups is 1. The normalized spacial score (nSPS) is 14.1. The minimum atomic E-state index is -0.604. The standard InChI is InChI=1S/C19H16FN3O/c1-10-22-17-13(11-5-6-11)3-2-4-15(17)18(23-10)16-9-12(20)7-8-14(16)19(21)24/h2-4,7-9,11H,5-6H2,1H3,(H2,21,24). The van der Waals surface area contributed by atoms with Gasteiger partial charge in [-0.1, -0.05) is 18.2 Å². The molecule has 0 spiro atoms. The molecule has 1 amide bonds. The molecular formula is C19H16FN3O. The van der Waals surface area contributed by atoms with Crippen molar-refractivity contribution in [3.63, 3.8) is 0 Å². The van der Waals surface area contributed by atoms with Crippen LogP contribution in [-0.4, -0.2) is 15.9 Å². The second kappa shape index (κ2) is 5.37. The summed E-state index contributed by atoms with van der Waals surface area (Å²) >= 11 is 0. The first kappa shape index (κ1) is 14.8. The van der Waals surface area contributed by atoms with Gasteiger partial charge >= 0.3 is 0 Å². The van der Waals surface area contributed by atoms with Gasteiger partial charge in [0.2, 0.25) is 5.91 Å². The fourth-order valence-electron chi connectivity index (χ4n) is 3.14. The van der Waals surface area contributed by atoms with Crippen LogP contribution in [0, 0.1) is 12.7 Å². The molecule has 1 aliphatic carbocycles. The minimum Gasteiger partial charge on any atom is -0.366 e. The molecule has 3 aromatic rings. The number of benzene rings is 2.